The van der Waals surface area contributed by atoms with Crippen LogP contribution in [0.3, 0.4) is 0 Å². The van der Waals surface area contributed by atoms with Gasteiger partial charge in [-0.25, -0.2) is 0 Å². The number of hydrogen-bond donors (Lipinski definition) is 1. The lowest BCUT2D eigenvalue weighted by atomic mass is 10.2. The largest absolute Gasteiger partial charge is 0.491 e. The number of rotatable bonds is 8. The van der Waals surface area contributed by atoms with E-state index in [9.17, 15) is 9.59 Å². The van der Waals surface area contributed by atoms with Crippen LogP contribution in [0.2, 0.25) is 0 Å². The number of carbonyl (C=O) groups is 2. The lowest BCUT2D eigenvalue weighted by molar-refractivity contribution is -0.137. The minimum Gasteiger partial charge on any atom is -0.491 e. The van der Waals surface area contributed by atoms with Gasteiger partial charge in [0.2, 0.25) is 0 Å². The van der Waals surface area contributed by atoms with E-state index in [1.54, 1.807) is 7.11 Å². The molecular weight excluding hydrogens is 364 g/mol. The smallest absolute Gasteiger partial charge is 0.278 e. The van der Waals surface area contributed by atoms with Crippen molar-refractivity contribution in [2.24, 2.45) is 0 Å². The molecule has 3 rings (SSSR count). The van der Waals surface area contributed by atoms with E-state index in [4.69, 9.17) is 9.47 Å². The maximum absolute atomic E-state index is 12.9. The Morgan fingerprint density at radius 1 is 1.11 bits per heavy atom. The summed E-state index contributed by atoms with van der Waals surface area (Å²) >= 11 is 1.43. The fourth-order valence-electron chi connectivity index (χ4n) is 2.76. The maximum Gasteiger partial charge on any atom is 0.278 e. The number of imide groups is 1. The van der Waals surface area contributed by atoms with Crippen LogP contribution in [0.5, 0.6) is 5.75 Å². The average molecular weight is 386 g/mol. The second kappa shape index (κ2) is 8.37. The molecule has 0 bridgehead atoms. The molecule has 1 aliphatic rings. The molecule has 6 nitrogen and oxygen atoms in total. The first-order chi connectivity index (χ1) is 13.0. The van der Waals surface area contributed by atoms with Gasteiger partial charge in [0, 0.05) is 17.7 Å². The van der Waals surface area contributed by atoms with Crippen molar-refractivity contribution in [3.8, 4) is 5.75 Å². The standard InChI is InChI=1S/C20H22N2O4S/c1-13(2)26-15-8-6-14(7-9-15)21-18-17(16-5-4-12-27-16)19(23)22(20(18)24)10-11-25-3/h4-9,12-13,21H,10-11H2,1-3H3. The highest BCUT2D eigenvalue weighted by Crippen LogP contribution is 2.33. The van der Waals surface area contributed by atoms with E-state index in [1.165, 1.54) is 16.2 Å². The molecule has 2 amide bonds. The first kappa shape index (κ1) is 19.1. The van der Waals surface area contributed by atoms with Gasteiger partial charge in [0.05, 0.1) is 24.8 Å². The monoisotopic (exact) mass is 386 g/mol. The molecule has 1 aromatic heterocycles. The molecule has 0 saturated carbocycles. The van der Waals surface area contributed by atoms with Gasteiger partial charge in [0.1, 0.15) is 11.4 Å². The Bertz CT molecular complexity index is 841. The predicted octanol–water partition coefficient (Wildman–Crippen LogP) is 3.37. The van der Waals surface area contributed by atoms with Gasteiger partial charge < -0.3 is 14.8 Å². The number of anilines is 1. The van der Waals surface area contributed by atoms with Crippen molar-refractivity contribution in [2.75, 3.05) is 25.6 Å². The lowest BCUT2D eigenvalue weighted by Crippen LogP contribution is -2.35. The number of thiophene rings is 1. The SMILES string of the molecule is COCCN1C(=O)C(Nc2ccc(OC(C)C)cc2)=C(c2cccs2)C1=O. The van der Waals surface area contributed by atoms with Gasteiger partial charge in [0.15, 0.2) is 0 Å². The number of benzene rings is 1. The fourth-order valence-corrected chi connectivity index (χ4v) is 3.53. The van der Waals surface area contributed by atoms with Gasteiger partial charge in [-0.1, -0.05) is 6.07 Å². The molecule has 1 N–H and O–H groups in total. The van der Waals surface area contributed by atoms with Gasteiger partial charge in [-0.15, -0.1) is 11.3 Å². The second-order valence-electron chi connectivity index (χ2n) is 6.30. The van der Waals surface area contributed by atoms with Gasteiger partial charge in [0.25, 0.3) is 11.8 Å². The molecule has 2 aromatic rings. The Balaban J connectivity index is 1.89. The van der Waals surface area contributed by atoms with Crippen molar-refractivity contribution in [1.82, 2.24) is 4.90 Å². The molecule has 0 spiro atoms. The summed E-state index contributed by atoms with van der Waals surface area (Å²) in [6, 6.07) is 11.0. The fraction of sp³-hybridized carbons (Fsp3) is 0.300. The number of nitrogens with one attached hydrogen (secondary N) is 1. The third kappa shape index (κ3) is 4.20. The number of carbonyl (C=O) groups excluding carboxylic acids is 2. The molecule has 0 radical (unpaired) electrons. The molecule has 0 atom stereocenters. The summed E-state index contributed by atoms with van der Waals surface area (Å²) in [6.07, 6.45) is 0.0836. The maximum atomic E-state index is 12.9. The summed E-state index contributed by atoms with van der Waals surface area (Å²) < 4.78 is 10.7. The summed E-state index contributed by atoms with van der Waals surface area (Å²) in [5.41, 5.74) is 1.40. The molecule has 2 heterocycles. The average Bonchev–Trinajstić information content (AvgIpc) is 3.23. The Hall–Kier alpha value is -2.64. The van der Waals surface area contributed by atoms with Crippen molar-refractivity contribution in [1.29, 1.82) is 0 Å². The van der Waals surface area contributed by atoms with Crippen molar-refractivity contribution in [2.45, 2.75) is 20.0 Å². The number of amides is 2. The predicted molar refractivity (Wildman–Crippen MR) is 106 cm³/mol. The van der Waals surface area contributed by atoms with Gasteiger partial charge in [-0.3, -0.25) is 14.5 Å². The van der Waals surface area contributed by atoms with E-state index in [-0.39, 0.29) is 30.2 Å². The zero-order valence-corrected chi connectivity index (χ0v) is 16.3. The Labute approximate surface area is 162 Å². The Morgan fingerprint density at radius 2 is 1.85 bits per heavy atom. The van der Waals surface area contributed by atoms with Crippen LogP contribution < -0.4 is 10.1 Å². The highest BCUT2D eigenvalue weighted by molar-refractivity contribution is 7.11. The third-order valence-corrected chi connectivity index (χ3v) is 4.84. The molecule has 1 aromatic carbocycles. The van der Waals surface area contributed by atoms with Crippen LogP contribution in [-0.2, 0) is 14.3 Å². The van der Waals surface area contributed by atoms with Crippen molar-refractivity contribution in [3.05, 3.63) is 52.4 Å². The van der Waals surface area contributed by atoms with E-state index < -0.39 is 0 Å². The minimum absolute atomic E-state index is 0.0836. The minimum atomic E-state index is -0.344. The highest BCUT2D eigenvalue weighted by atomic mass is 32.1. The summed E-state index contributed by atoms with van der Waals surface area (Å²) in [5.74, 6) is 0.100. The zero-order valence-electron chi connectivity index (χ0n) is 15.5. The molecule has 1 aliphatic heterocycles. The van der Waals surface area contributed by atoms with Crippen LogP contribution in [-0.4, -0.2) is 43.1 Å². The lowest BCUT2D eigenvalue weighted by Gasteiger charge is -2.14. The third-order valence-electron chi connectivity index (χ3n) is 3.95. The number of nitrogens with zero attached hydrogens (tertiary/aromatic N) is 1. The van der Waals surface area contributed by atoms with Crippen molar-refractivity contribution < 1.29 is 19.1 Å². The van der Waals surface area contributed by atoms with E-state index in [0.29, 0.717) is 17.9 Å². The topological polar surface area (TPSA) is 67.9 Å². The molecule has 0 saturated heterocycles. The number of hydrogen-bond acceptors (Lipinski definition) is 6. The molecule has 0 unspecified atom stereocenters. The number of methoxy groups -OCH3 is 1. The number of ether oxygens (including phenoxy) is 2. The molecular formula is C20H22N2O4S. The Morgan fingerprint density at radius 3 is 2.44 bits per heavy atom. The molecule has 0 aliphatic carbocycles. The zero-order chi connectivity index (χ0) is 19.4. The van der Waals surface area contributed by atoms with Crippen LogP contribution in [0.1, 0.15) is 18.7 Å². The van der Waals surface area contributed by atoms with Crippen LogP contribution in [0.25, 0.3) is 5.57 Å². The van der Waals surface area contributed by atoms with Crippen LogP contribution in [0, 0.1) is 0 Å². The summed E-state index contributed by atoms with van der Waals surface area (Å²) in [7, 11) is 1.54. The molecule has 27 heavy (non-hydrogen) atoms. The van der Waals surface area contributed by atoms with Crippen LogP contribution in [0.15, 0.2) is 47.5 Å². The van der Waals surface area contributed by atoms with E-state index in [1.807, 2.05) is 55.6 Å². The van der Waals surface area contributed by atoms with E-state index in [2.05, 4.69) is 5.32 Å². The first-order valence-corrected chi connectivity index (χ1v) is 9.56. The van der Waals surface area contributed by atoms with Crippen LogP contribution >= 0.6 is 11.3 Å². The van der Waals surface area contributed by atoms with Gasteiger partial charge >= 0.3 is 0 Å². The van der Waals surface area contributed by atoms with Gasteiger partial charge in [-0.05, 0) is 49.6 Å². The molecule has 7 heteroatoms. The summed E-state index contributed by atoms with van der Waals surface area (Å²) in [6.45, 7) is 4.43. The van der Waals surface area contributed by atoms with E-state index >= 15 is 0 Å². The van der Waals surface area contributed by atoms with E-state index in [0.717, 1.165) is 10.6 Å². The first-order valence-electron chi connectivity index (χ1n) is 8.68. The highest BCUT2D eigenvalue weighted by Gasteiger charge is 2.39. The van der Waals surface area contributed by atoms with Crippen molar-refractivity contribution >= 4 is 34.4 Å². The quantitative estimate of drug-likeness (QED) is 0.705. The summed E-state index contributed by atoms with van der Waals surface area (Å²) in [5, 5.41) is 5.01. The Kier molecular flexibility index (Phi) is 5.93. The van der Waals surface area contributed by atoms with Crippen molar-refractivity contribution in [3.63, 3.8) is 0 Å². The molecule has 0 fully saturated rings. The van der Waals surface area contributed by atoms with Crippen LogP contribution in [0.4, 0.5) is 5.69 Å². The van der Waals surface area contributed by atoms with Gasteiger partial charge in [-0.2, -0.15) is 0 Å². The molecule has 142 valence electrons. The second-order valence-corrected chi connectivity index (χ2v) is 7.25. The summed E-state index contributed by atoms with van der Waals surface area (Å²) in [4.78, 5) is 27.7. The normalized spacial score (nSPS) is 14.4.